The van der Waals surface area contributed by atoms with E-state index < -0.39 is 6.10 Å². The van der Waals surface area contributed by atoms with E-state index in [1.54, 1.807) is 24.3 Å². The minimum Gasteiger partial charge on any atom is -0.387 e. The van der Waals surface area contributed by atoms with Gasteiger partial charge in [-0.15, -0.1) is 0 Å². The molecule has 1 rings (SSSR count). The van der Waals surface area contributed by atoms with E-state index in [1.165, 1.54) is 0 Å². The summed E-state index contributed by atoms with van der Waals surface area (Å²) in [6, 6.07) is 9.05. The molecule has 0 spiro atoms. The first kappa shape index (κ1) is 11.0. The van der Waals surface area contributed by atoms with Crippen molar-refractivity contribution in [3.63, 3.8) is 0 Å². The first-order valence-electron chi connectivity index (χ1n) is 4.52. The number of aliphatic hydroxyl groups is 1. The van der Waals surface area contributed by atoms with E-state index in [-0.39, 0.29) is 5.92 Å². The van der Waals surface area contributed by atoms with Crippen molar-refractivity contribution in [2.24, 2.45) is 5.92 Å². The van der Waals surface area contributed by atoms with Gasteiger partial charge in [-0.05, 0) is 24.1 Å². The van der Waals surface area contributed by atoms with Crippen molar-refractivity contribution in [1.82, 2.24) is 0 Å². The minimum atomic E-state index is -0.747. The van der Waals surface area contributed by atoms with E-state index in [9.17, 15) is 5.11 Å². The Kier molecular flexibility index (Phi) is 3.94. The molecule has 0 saturated carbocycles. The lowest BCUT2D eigenvalue weighted by atomic mass is 9.95. The van der Waals surface area contributed by atoms with Crippen molar-refractivity contribution in [1.29, 1.82) is 5.26 Å². The van der Waals surface area contributed by atoms with E-state index in [4.69, 9.17) is 16.9 Å². The van der Waals surface area contributed by atoms with Crippen LogP contribution in [-0.4, -0.2) is 5.11 Å². The maximum atomic E-state index is 9.82. The van der Waals surface area contributed by atoms with Gasteiger partial charge in [0.25, 0.3) is 0 Å². The van der Waals surface area contributed by atoms with Crippen LogP contribution in [-0.2, 0) is 0 Å². The van der Waals surface area contributed by atoms with Crippen molar-refractivity contribution in [2.75, 3.05) is 0 Å². The summed E-state index contributed by atoms with van der Waals surface area (Å²) in [5.74, 6) is -0.367. The molecule has 2 atom stereocenters. The number of halogens is 1. The lowest BCUT2D eigenvalue weighted by Gasteiger charge is -2.15. The molecule has 0 aliphatic carbocycles. The number of hydrogen-bond acceptors (Lipinski definition) is 2. The van der Waals surface area contributed by atoms with Crippen molar-refractivity contribution in [3.05, 3.63) is 34.9 Å². The highest BCUT2D eigenvalue weighted by Crippen LogP contribution is 2.25. The Bertz CT molecular complexity index is 345. The fraction of sp³-hybridized carbons (Fsp3) is 0.364. The highest BCUT2D eigenvalue weighted by Gasteiger charge is 2.18. The Morgan fingerprint density at radius 1 is 1.57 bits per heavy atom. The maximum absolute atomic E-state index is 9.82. The quantitative estimate of drug-likeness (QED) is 0.832. The monoisotopic (exact) mass is 209 g/mol. The van der Waals surface area contributed by atoms with Gasteiger partial charge in [0.2, 0.25) is 0 Å². The Morgan fingerprint density at radius 2 is 2.29 bits per heavy atom. The van der Waals surface area contributed by atoms with Crippen LogP contribution >= 0.6 is 11.6 Å². The fourth-order valence-electron chi connectivity index (χ4n) is 1.31. The Balaban J connectivity index is 2.89. The zero-order chi connectivity index (χ0) is 10.6. The number of benzene rings is 1. The van der Waals surface area contributed by atoms with Gasteiger partial charge in [-0.2, -0.15) is 5.26 Å². The predicted octanol–water partition coefficient (Wildman–Crippen LogP) is 2.92. The van der Waals surface area contributed by atoms with Crippen LogP contribution < -0.4 is 0 Å². The summed E-state index contributed by atoms with van der Waals surface area (Å²) in [7, 11) is 0. The molecule has 0 aromatic heterocycles. The first-order chi connectivity index (χ1) is 6.69. The van der Waals surface area contributed by atoms with Crippen LogP contribution in [0.2, 0.25) is 5.02 Å². The summed E-state index contributed by atoms with van der Waals surface area (Å²) >= 11 is 5.79. The minimum absolute atomic E-state index is 0.367. The molecule has 0 bridgehead atoms. The van der Waals surface area contributed by atoms with Crippen LogP contribution in [0.15, 0.2) is 24.3 Å². The average Bonchev–Trinajstić information content (AvgIpc) is 2.19. The SMILES string of the molecule is CCC(C#N)C(O)c1cccc(Cl)c1. The first-order valence-corrected chi connectivity index (χ1v) is 4.90. The van der Waals surface area contributed by atoms with Gasteiger partial charge in [0.05, 0.1) is 18.1 Å². The molecular formula is C11H12ClNO. The van der Waals surface area contributed by atoms with Gasteiger partial charge in [-0.3, -0.25) is 0 Å². The molecule has 1 N–H and O–H groups in total. The summed E-state index contributed by atoms with van der Waals surface area (Å²) in [5.41, 5.74) is 0.700. The lowest BCUT2D eigenvalue weighted by molar-refractivity contribution is 0.133. The van der Waals surface area contributed by atoms with Gasteiger partial charge in [-0.1, -0.05) is 30.7 Å². The van der Waals surface area contributed by atoms with Gasteiger partial charge < -0.3 is 5.11 Å². The standard InChI is InChI=1S/C11H12ClNO/c1-2-8(7-13)11(14)9-4-3-5-10(12)6-9/h3-6,8,11,14H,2H2,1H3. The molecule has 0 amide bonds. The van der Waals surface area contributed by atoms with Crippen molar-refractivity contribution in [2.45, 2.75) is 19.4 Å². The van der Waals surface area contributed by atoms with Gasteiger partial charge >= 0.3 is 0 Å². The second-order valence-corrected chi connectivity index (χ2v) is 3.58. The molecule has 0 fully saturated rings. The fourth-order valence-corrected chi connectivity index (χ4v) is 1.51. The van der Waals surface area contributed by atoms with Crippen molar-refractivity contribution in [3.8, 4) is 6.07 Å². The van der Waals surface area contributed by atoms with Crippen LogP contribution in [0.3, 0.4) is 0 Å². The third-order valence-corrected chi connectivity index (χ3v) is 2.41. The molecule has 1 aromatic rings. The second-order valence-electron chi connectivity index (χ2n) is 3.14. The number of hydrogen-bond donors (Lipinski definition) is 1. The Morgan fingerprint density at radius 3 is 2.79 bits per heavy atom. The molecule has 0 heterocycles. The molecule has 2 nitrogen and oxygen atoms in total. The van der Waals surface area contributed by atoms with Crippen LogP contribution in [0, 0.1) is 17.2 Å². The Labute approximate surface area is 88.7 Å². The molecule has 0 saturated heterocycles. The van der Waals surface area contributed by atoms with Gasteiger partial charge in [-0.25, -0.2) is 0 Å². The van der Waals surface area contributed by atoms with E-state index in [1.807, 2.05) is 6.92 Å². The molecule has 14 heavy (non-hydrogen) atoms. The summed E-state index contributed by atoms with van der Waals surface area (Å²) in [4.78, 5) is 0. The number of nitrogens with zero attached hydrogens (tertiary/aromatic N) is 1. The highest BCUT2D eigenvalue weighted by atomic mass is 35.5. The third-order valence-electron chi connectivity index (χ3n) is 2.18. The summed E-state index contributed by atoms with van der Waals surface area (Å²) < 4.78 is 0. The lowest BCUT2D eigenvalue weighted by Crippen LogP contribution is -2.09. The molecule has 0 radical (unpaired) electrons. The van der Waals surface area contributed by atoms with Gasteiger partial charge in [0.1, 0.15) is 0 Å². The third kappa shape index (κ3) is 2.47. The smallest absolute Gasteiger partial charge is 0.0948 e. The van der Waals surface area contributed by atoms with Crippen LogP contribution in [0.4, 0.5) is 0 Å². The predicted molar refractivity (Wildman–Crippen MR) is 55.8 cm³/mol. The zero-order valence-electron chi connectivity index (χ0n) is 7.94. The molecule has 0 aliphatic rings. The van der Waals surface area contributed by atoms with Gasteiger partial charge in [0.15, 0.2) is 0 Å². The summed E-state index contributed by atoms with van der Waals surface area (Å²) in [5, 5.41) is 19.2. The zero-order valence-corrected chi connectivity index (χ0v) is 8.70. The normalized spacial score (nSPS) is 14.4. The molecule has 3 heteroatoms. The van der Waals surface area contributed by atoms with Crippen LogP contribution in [0.25, 0.3) is 0 Å². The number of aliphatic hydroxyl groups excluding tert-OH is 1. The molecule has 74 valence electrons. The number of nitriles is 1. The van der Waals surface area contributed by atoms with Gasteiger partial charge in [0, 0.05) is 5.02 Å². The number of rotatable bonds is 3. The Hall–Kier alpha value is -1.04. The van der Waals surface area contributed by atoms with E-state index in [0.29, 0.717) is 17.0 Å². The molecular weight excluding hydrogens is 198 g/mol. The maximum Gasteiger partial charge on any atom is 0.0948 e. The van der Waals surface area contributed by atoms with Crippen molar-refractivity contribution >= 4 is 11.6 Å². The average molecular weight is 210 g/mol. The summed E-state index contributed by atoms with van der Waals surface area (Å²) in [6.07, 6.45) is -0.117. The molecule has 0 aliphatic heterocycles. The van der Waals surface area contributed by atoms with Crippen molar-refractivity contribution < 1.29 is 5.11 Å². The second kappa shape index (κ2) is 4.99. The van der Waals surface area contributed by atoms with Crippen LogP contribution in [0.1, 0.15) is 25.0 Å². The van der Waals surface area contributed by atoms with E-state index in [0.717, 1.165) is 0 Å². The van der Waals surface area contributed by atoms with E-state index >= 15 is 0 Å². The largest absolute Gasteiger partial charge is 0.387 e. The molecule has 1 aromatic carbocycles. The summed E-state index contributed by atoms with van der Waals surface area (Å²) in [6.45, 7) is 1.88. The van der Waals surface area contributed by atoms with E-state index in [2.05, 4.69) is 6.07 Å². The van der Waals surface area contributed by atoms with Crippen LogP contribution in [0.5, 0.6) is 0 Å². The topological polar surface area (TPSA) is 44.0 Å². The molecule has 2 unspecified atom stereocenters. The highest BCUT2D eigenvalue weighted by molar-refractivity contribution is 6.30.